The van der Waals surface area contributed by atoms with E-state index in [0.29, 0.717) is 13.0 Å². The molecule has 0 fully saturated rings. The Bertz CT molecular complexity index is 566. The van der Waals surface area contributed by atoms with E-state index >= 15 is 0 Å². The van der Waals surface area contributed by atoms with E-state index in [1.54, 1.807) is 31.3 Å². The van der Waals surface area contributed by atoms with E-state index in [4.69, 9.17) is 4.74 Å². The second-order valence-electron chi connectivity index (χ2n) is 6.82. The molecule has 1 aromatic rings. The van der Waals surface area contributed by atoms with Gasteiger partial charge < -0.3 is 24.8 Å². The van der Waals surface area contributed by atoms with E-state index in [9.17, 15) is 14.7 Å². The van der Waals surface area contributed by atoms with Crippen LogP contribution in [0.3, 0.4) is 0 Å². The quantitative estimate of drug-likeness (QED) is 0.729. The summed E-state index contributed by atoms with van der Waals surface area (Å²) in [6.45, 7) is 5.88. The third kappa shape index (κ3) is 7.89. The van der Waals surface area contributed by atoms with Crippen LogP contribution in [0.1, 0.15) is 26.3 Å². The predicted octanol–water partition coefficient (Wildman–Crippen LogP) is 1.93. The monoisotopic (exact) mass is 352 g/mol. The number of likely N-dealkylation sites (N-methyl/N-ethyl adjacent to an activating group) is 1. The lowest BCUT2D eigenvalue weighted by molar-refractivity contribution is -0.139. The number of nitrogens with one attached hydrogen (secondary N) is 1. The molecule has 1 atom stereocenters. The van der Waals surface area contributed by atoms with Crippen LogP contribution in [-0.2, 0) is 20.7 Å². The average molecular weight is 352 g/mol. The van der Waals surface area contributed by atoms with Gasteiger partial charge in [-0.1, -0.05) is 12.1 Å². The largest absolute Gasteiger partial charge is 0.508 e. The van der Waals surface area contributed by atoms with Gasteiger partial charge >= 0.3 is 12.1 Å². The number of esters is 1. The van der Waals surface area contributed by atoms with E-state index in [2.05, 4.69) is 10.1 Å². The lowest BCUT2D eigenvalue weighted by Gasteiger charge is -2.31. The maximum absolute atomic E-state index is 12.3. The van der Waals surface area contributed by atoms with Crippen LogP contribution < -0.4 is 5.32 Å². The summed E-state index contributed by atoms with van der Waals surface area (Å²) in [6.07, 6.45) is 0.112. The fourth-order valence-electron chi connectivity index (χ4n) is 2.15. The fourth-order valence-corrected chi connectivity index (χ4v) is 2.15. The Morgan fingerprint density at radius 3 is 2.36 bits per heavy atom. The molecule has 1 amide bonds. The third-order valence-corrected chi connectivity index (χ3v) is 3.51. The number of amides is 1. The van der Waals surface area contributed by atoms with Crippen molar-refractivity contribution >= 4 is 12.1 Å². The molecular formula is C18H28N2O5. The van der Waals surface area contributed by atoms with Crippen LogP contribution in [0.2, 0.25) is 0 Å². The maximum Gasteiger partial charge on any atom is 0.410 e. The number of ether oxygens (including phenoxy) is 2. The van der Waals surface area contributed by atoms with Crippen molar-refractivity contribution in [3.63, 3.8) is 0 Å². The number of benzene rings is 1. The van der Waals surface area contributed by atoms with Gasteiger partial charge in [0.15, 0.2) is 0 Å². The number of hydrogen-bond acceptors (Lipinski definition) is 6. The van der Waals surface area contributed by atoms with E-state index in [1.807, 2.05) is 20.8 Å². The molecule has 1 aromatic carbocycles. The SMILES string of the molecule is COC(=O)CNC[C@H](Cc1ccc(O)cc1)N(C)C(=O)OC(C)(C)C. The molecule has 0 radical (unpaired) electrons. The molecule has 0 aliphatic rings. The second kappa shape index (κ2) is 9.27. The highest BCUT2D eigenvalue weighted by atomic mass is 16.6. The highest BCUT2D eigenvalue weighted by Gasteiger charge is 2.25. The molecule has 0 heterocycles. The highest BCUT2D eigenvalue weighted by molar-refractivity contribution is 5.71. The lowest BCUT2D eigenvalue weighted by atomic mass is 10.0. The molecule has 7 heteroatoms. The Balaban J connectivity index is 2.79. The standard InChI is InChI=1S/C18H28N2O5/c1-18(2,3)25-17(23)20(4)14(11-19-12-16(22)24-5)10-13-6-8-15(21)9-7-13/h6-9,14,19,21H,10-12H2,1-5H3/t14-/m0/s1. The van der Waals surface area contributed by atoms with Gasteiger partial charge in [-0.05, 0) is 44.9 Å². The molecular weight excluding hydrogens is 324 g/mol. The van der Waals surface area contributed by atoms with E-state index in [1.165, 1.54) is 12.0 Å². The number of carbonyl (C=O) groups is 2. The zero-order valence-corrected chi connectivity index (χ0v) is 15.5. The summed E-state index contributed by atoms with van der Waals surface area (Å²) in [6, 6.07) is 6.56. The Morgan fingerprint density at radius 2 is 1.84 bits per heavy atom. The van der Waals surface area contributed by atoms with Crippen LogP contribution in [0.4, 0.5) is 4.79 Å². The Morgan fingerprint density at radius 1 is 1.24 bits per heavy atom. The van der Waals surface area contributed by atoms with Gasteiger partial charge in [-0.3, -0.25) is 4.79 Å². The van der Waals surface area contributed by atoms with Gasteiger partial charge in [0.25, 0.3) is 0 Å². The van der Waals surface area contributed by atoms with Crippen LogP contribution in [-0.4, -0.2) is 61.0 Å². The fraction of sp³-hybridized carbons (Fsp3) is 0.556. The molecule has 0 spiro atoms. The predicted molar refractivity (Wildman–Crippen MR) is 94.5 cm³/mol. The van der Waals surface area contributed by atoms with Crippen LogP contribution in [0, 0.1) is 0 Å². The number of rotatable bonds is 7. The number of phenols is 1. The number of carbonyl (C=O) groups excluding carboxylic acids is 2. The van der Waals surface area contributed by atoms with Crippen molar-refractivity contribution in [1.29, 1.82) is 0 Å². The molecule has 0 bridgehead atoms. The molecule has 0 unspecified atom stereocenters. The van der Waals surface area contributed by atoms with Crippen molar-refractivity contribution < 1.29 is 24.2 Å². The molecule has 0 aliphatic carbocycles. The third-order valence-electron chi connectivity index (χ3n) is 3.51. The number of phenolic OH excluding ortho intramolecular Hbond substituents is 1. The summed E-state index contributed by atoms with van der Waals surface area (Å²) in [7, 11) is 2.99. The molecule has 7 nitrogen and oxygen atoms in total. The molecule has 0 aromatic heterocycles. The minimum Gasteiger partial charge on any atom is -0.508 e. The normalized spacial score (nSPS) is 12.4. The zero-order valence-electron chi connectivity index (χ0n) is 15.5. The van der Waals surface area contributed by atoms with Gasteiger partial charge in [0.2, 0.25) is 0 Å². The van der Waals surface area contributed by atoms with Crippen molar-refractivity contribution in [2.45, 2.75) is 38.8 Å². The van der Waals surface area contributed by atoms with Crippen molar-refractivity contribution in [1.82, 2.24) is 10.2 Å². The van der Waals surface area contributed by atoms with E-state index in [0.717, 1.165) is 5.56 Å². The van der Waals surface area contributed by atoms with E-state index < -0.39 is 11.7 Å². The second-order valence-corrected chi connectivity index (χ2v) is 6.82. The Hall–Kier alpha value is -2.28. The van der Waals surface area contributed by atoms with Crippen molar-refractivity contribution in [2.24, 2.45) is 0 Å². The van der Waals surface area contributed by atoms with Gasteiger partial charge in [-0.25, -0.2) is 4.79 Å². The molecule has 1 rings (SSSR count). The first-order valence-electron chi connectivity index (χ1n) is 8.13. The Kier molecular flexibility index (Phi) is 7.70. The van der Waals surface area contributed by atoms with Gasteiger partial charge in [0.05, 0.1) is 19.7 Å². The molecule has 0 saturated carbocycles. The van der Waals surface area contributed by atoms with E-state index in [-0.39, 0.29) is 24.3 Å². The lowest BCUT2D eigenvalue weighted by Crippen LogP contribution is -2.47. The van der Waals surface area contributed by atoms with Crippen LogP contribution in [0.15, 0.2) is 24.3 Å². The molecule has 0 saturated heterocycles. The minimum atomic E-state index is -0.589. The number of hydrogen-bond donors (Lipinski definition) is 2. The zero-order chi connectivity index (χ0) is 19.0. The topological polar surface area (TPSA) is 88.1 Å². The summed E-state index contributed by atoms with van der Waals surface area (Å²) in [4.78, 5) is 25.1. The first-order chi connectivity index (χ1) is 11.6. The first-order valence-corrected chi connectivity index (χ1v) is 8.13. The minimum absolute atomic E-state index is 0.0603. The molecule has 2 N–H and O–H groups in total. The van der Waals surface area contributed by atoms with Gasteiger partial charge in [-0.15, -0.1) is 0 Å². The molecule has 0 aliphatic heterocycles. The van der Waals surface area contributed by atoms with Gasteiger partial charge in [0, 0.05) is 13.6 Å². The number of nitrogens with zero attached hydrogens (tertiary/aromatic N) is 1. The molecule has 25 heavy (non-hydrogen) atoms. The summed E-state index contributed by atoms with van der Waals surface area (Å²) >= 11 is 0. The first kappa shape index (κ1) is 20.8. The summed E-state index contributed by atoms with van der Waals surface area (Å²) in [5.74, 6) is -0.187. The summed E-state index contributed by atoms with van der Waals surface area (Å²) in [5.41, 5.74) is 0.367. The van der Waals surface area contributed by atoms with Crippen LogP contribution >= 0.6 is 0 Å². The van der Waals surface area contributed by atoms with Gasteiger partial charge in [-0.2, -0.15) is 0 Å². The van der Waals surface area contributed by atoms with Crippen LogP contribution in [0.25, 0.3) is 0 Å². The summed E-state index contributed by atoms with van der Waals surface area (Å²) in [5, 5.41) is 12.4. The highest BCUT2D eigenvalue weighted by Crippen LogP contribution is 2.15. The van der Waals surface area contributed by atoms with Crippen molar-refractivity contribution in [3.8, 4) is 5.75 Å². The summed E-state index contributed by atoms with van der Waals surface area (Å²) < 4.78 is 10.0. The Labute approximate surface area is 148 Å². The van der Waals surface area contributed by atoms with Crippen molar-refractivity contribution in [3.05, 3.63) is 29.8 Å². The van der Waals surface area contributed by atoms with Crippen LogP contribution in [0.5, 0.6) is 5.75 Å². The van der Waals surface area contributed by atoms with Crippen molar-refractivity contribution in [2.75, 3.05) is 27.2 Å². The smallest absolute Gasteiger partial charge is 0.410 e. The van der Waals surface area contributed by atoms with Gasteiger partial charge in [0.1, 0.15) is 11.4 Å². The number of aromatic hydroxyl groups is 1. The molecule has 140 valence electrons. The average Bonchev–Trinajstić information content (AvgIpc) is 2.53. The number of methoxy groups -OCH3 is 1. The maximum atomic E-state index is 12.3.